The highest BCUT2D eigenvalue weighted by atomic mass is 32.1. The van der Waals surface area contributed by atoms with Crippen molar-refractivity contribution in [2.75, 3.05) is 19.1 Å². The first-order chi connectivity index (χ1) is 13.3. The maximum atomic E-state index is 5.27. The average Bonchev–Trinajstić information content (AvgIpc) is 3.13. The van der Waals surface area contributed by atoms with Gasteiger partial charge in [-0.05, 0) is 17.2 Å². The monoisotopic (exact) mass is 376 g/mol. The Morgan fingerprint density at radius 2 is 1.93 bits per heavy atom. The zero-order valence-corrected chi connectivity index (χ0v) is 16.1. The van der Waals surface area contributed by atoms with Gasteiger partial charge in [0.25, 0.3) is 0 Å². The Balaban J connectivity index is 1.84. The summed E-state index contributed by atoms with van der Waals surface area (Å²) < 4.78 is 5.27. The first kappa shape index (κ1) is 17.6. The Morgan fingerprint density at radius 3 is 2.67 bits per heavy atom. The van der Waals surface area contributed by atoms with E-state index in [-0.39, 0.29) is 0 Å². The summed E-state index contributed by atoms with van der Waals surface area (Å²) in [4.78, 5) is 16.9. The van der Waals surface area contributed by atoms with Crippen molar-refractivity contribution in [3.05, 3.63) is 71.6 Å². The van der Waals surface area contributed by atoms with Crippen LogP contribution in [0.1, 0.15) is 11.4 Å². The zero-order valence-electron chi connectivity index (χ0n) is 15.3. The number of methoxy groups -OCH3 is 1. The molecule has 6 heteroatoms. The fraction of sp³-hybridized carbons (Fsp3) is 0.190. The highest BCUT2D eigenvalue weighted by Crippen LogP contribution is 2.38. The lowest BCUT2D eigenvalue weighted by molar-refractivity contribution is 0.178. The van der Waals surface area contributed by atoms with Gasteiger partial charge in [0, 0.05) is 44.0 Å². The van der Waals surface area contributed by atoms with Gasteiger partial charge in [-0.1, -0.05) is 36.4 Å². The van der Waals surface area contributed by atoms with Gasteiger partial charge in [0.1, 0.15) is 17.3 Å². The van der Waals surface area contributed by atoms with Gasteiger partial charge in [-0.3, -0.25) is 4.98 Å². The van der Waals surface area contributed by atoms with Gasteiger partial charge in [-0.25, -0.2) is 9.97 Å². The molecule has 0 radical (unpaired) electrons. The lowest BCUT2D eigenvalue weighted by atomic mass is 10.1. The van der Waals surface area contributed by atoms with E-state index < -0.39 is 0 Å². The summed E-state index contributed by atoms with van der Waals surface area (Å²) in [5.74, 6) is 1.61. The third-order valence-corrected chi connectivity index (χ3v) is 5.20. The summed E-state index contributed by atoms with van der Waals surface area (Å²) in [6, 6.07) is 14.4. The Bertz CT molecular complexity index is 1030. The second-order valence-electron chi connectivity index (χ2n) is 6.31. The number of nitrogens with zero attached hydrogens (tertiary/aromatic N) is 4. The smallest absolute Gasteiger partial charge is 0.158 e. The van der Waals surface area contributed by atoms with E-state index in [1.165, 1.54) is 5.56 Å². The van der Waals surface area contributed by atoms with E-state index in [2.05, 4.69) is 52.6 Å². The molecule has 4 aromatic rings. The van der Waals surface area contributed by atoms with E-state index in [1.807, 2.05) is 18.3 Å². The molecular formula is C21H20N4OS. The first-order valence-corrected chi connectivity index (χ1v) is 9.56. The predicted octanol–water partition coefficient (Wildman–Crippen LogP) is 4.54. The summed E-state index contributed by atoms with van der Waals surface area (Å²) in [6.45, 7) is 1.11. The highest BCUT2D eigenvalue weighted by molar-refractivity contribution is 7.17. The van der Waals surface area contributed by atoms with Crippen LogP contribution in [0.15, 0.2) is 60.2 Å². The number of rotatable bonds is 6. The molecule has 3 heterocycles. The van der Waals surface area contributed by atoms with E-state index in [4.69, 9.17) is 14.7 Å². The number of ether oxygens (including phenoxy) is 1. The van der Waals surface area contributed by atoms with Crippen LogP contribution in [0, 0.1) is 0 Å². The number of pyridine rings is 1. The van der Waals surface area contributed by atoms with Crippen LogP contribution in [0.5, 0.6) is 0 Å². The number of fused-ring (bicyclic) bond motifs is 1. The van der Waals surface area contributed by atoms with Gasteiger partial charge < -0.3 is 9.64 Å². The minimum absolute atomic E-state index is 0.391. The minimum atomic E-state index is 0.391. The Morgan fingerprint density at radius 1 is 1.07 bits per heavy atom. The quantitative estimate of drug-likeness (QED) is 0.495. The van der Waals surface area contributed by atoms with Crippen LogP contribution in [0.3, 0.4) is 0 Å². The molecule has 0 N–H and O–H groups in total. The molecule has 3 aromatic heterocycles. The number of thiophene rings is 1. The van der Waals surface area contributed by atoms with Crippen molar-refractivity contribution in [2.24, 2.45) is 0 Å². The predicted molar refractivity (Wildman–Crippen MR) is 110 cm³/mol. The third-order valence-electron chi connectivity index (χ3n) is 4.32. The van der Waals surface area contributed by atoms with E-state index in [0.717, 1.165) is 33.7 Å². The summed E-state index contributed by atoms with van der Waals surface area (Å²) in [6.07, 6.45) is 3.67. The maximum absolute atomic E-state index is 5.27. The molecular weight excluding hydrogens is 356 g/mol. The number of benzene rings is 1. The van der Waals surface area contributed by atoms with E-state index in [9.17, 15) is 0 Å². The van der Waals surface area contributed by atoms with Gasteiger partial charge >= 0.3 is 0 Å². The van der Waals surface area contributed by atoms with Crippen LogP contribution >= 0.6 is 11.3 Å². The fourth-order valence-corrected chi connectivity index (χ4v) is 4.07. The molecule has 0 aliphatic rings. The van der Waals surface area contributed by atoms with E-state index >= 15 is 0 Å². The standard InChI is InChI=1S/C21H20N4OS/c1-25(12-15-7-6-10-22-11-15)20-19-17(16-8-4-3-5-9-16)14-27-21(19)24-18(23-20)13-26-2/h3-11,14H,12-13H2,1-2H3. The van der Waals surface area contributed by atoms with Crippen LogP contribution in [-0.4, -0.2) is 29.1 Å². The van der Waals surface area contributed by atoms with Crippen molar-refractivity contribution in [3.63, 3.8) is 0 Å². The summed E-state index contributed by atoms with van der Waals surface area (Å²) in [5, 5.41) is 3.24. The molecule has 0 bridgehead atoms. The van der Waals surface area contributed by atoms with Crippen molar-refractivity contribution in [3.8, 4) is 11.1 Å². The van der Waals surface area contributed by atoms with Crippen molar-refractivity contribution in [1.29, 1.82) is 0 Å². The summed E-state index contributed by atoms with van der Waals surface area (Å²) >= 11 is 1.64. The SMILES string of the molecule is COCc1nc(N(C)Cc2cccnc2)c2c(-c3ccccc3)csc2n1. The molecule has 27 heavy (non-hydrogen) atoms. The lowest BCUT2D eigenvalue weighted by Gasteiger charge is -2.20. The number of hydrogen-bond donors (Lipinski definition) is 0. The molecule has 0 saturated heterocycles. The average molecular weight is 376 g/mol. The molecule has 0 fully saturated rings. The number of aromatic nitrogens is 3. The number of hydrogen-bond acceptors (Lipinski definition) is 6. The summed E-state index contributed by atoms with van der Waals surface area (Å²) in [5.41, 5.74) is 3.46. The second kappa shape index (κ2) is 7.82. The van der Waals surface area contributed by atoms with Crippen molar-refractivity contribution in [2.45, 2.75) is 13.2 Å². The van der Waals surface area contributed by atoms with E-state index in [1.54, 1.807) is 24.6 Å². The molecule has 0 saturated carbocycles. The molecule has 0 aliphatic heterocycles. The molecule has 0 aliphatic carbocycles. The summed E-state index contributed by atoms with van der Waals surface area (Å²) in [7, 11) is 3.72. The number of anilines is 1. The van der Waals surface area contributed by atoms with Crippen LogP contribution in [0.4, 0.5) is 5.82 Å². The largest absolute Gasteiger partial charge is 0.377 e. The zero-order chi connectivity index (χ0) is 18.6. The molecule has 5 nitrogen and oxygen atoms in total. The molecule has 1 aromatic carbocycles. The first-order valence-electron chi connectivity index (χ1n) is 8.69. The Kier molecular flexibility index (Phi) is 5.09. The van der Waals surface area contributed by atoms with E-state index in [0.29, 0.717) is 12.4 Å². The molecule has 0 amide bonds. The minimum Gasteiger partial charge on any atom is -0.377 e. The third kappa shape index (κ3) is 3.67. The van der Waals surface area contributed by atoms with Crippen molar-refractivity contribution < 1.29 is 4.74 Å². The van der Waals surface area contributed by atoms with Crippen LogP contribution in [0.2, 0.25) is 0 Å². The second-order valence-corrected chi connectivity index (χ2v) is 7.17. The molecule has 0 unspecified atom stereocenters. The Hall–Kier alpha value is -2.83. The van der Waals surface area contributed by atoms with Gasteiger partial charge in [0.15, 0.2) is 5.82 Å². The van der Waals surface area contributed by atoms with Crippen molar-refractivity contribution in [1.82, 2.24) is 15.0 Å². The van der Waals surface area contributed by atoms with Crippen LogP contribution in [0.25, 0.3) is 21.3 Å². The van der Waals surface area contributed by atoms with Crippen LogP contribution in [-0.2, 0) is 17.9 Å². The van der Waals surface area contributed by atoms with Gasteiger partial charge in [0.05, 0.1) is 5.39 Å². The van der Waals surface area contributed by atoms with Gasteiger partial charge in [-0.15, -0.1) is 11.3 Å². The molecule has 136 valence electrons. The van der Waals surface area contributed by atoms with Crippen molar-refractivity contribution >= 4 is 27.4 Å². The molecule has 0 atom stereocenters. The fourth-order valence-electron chi connectivity index (χ4n) is 3.11. The van der Waals surface area contributed by atoms with Gasteiger partial charge in [0.2, 0.25) is 0 Å². The van der Waals surface area contributed by atoms with Gasteiger partial charge in [-0.2, -0.15) is 0 Å². The van der Waals surface area contributed by atoms with Crippen LogP contribution < -0.4 is 4.90 Å². The molecule has 0 spiro atoms. The molecule has 4 rings (SSSR count). The lowest BCUT2D eigenvalue weighted by Crippen LogP contribution is -2.19. The highest BCUT2D eigenvalue weighted by Gasteiger charge is 2.18. The normalized spacial score (nSPS) is 11.0. The Labute approximate surface area is 162 Å². The maximum Gasteiger partial charge on any atom is 0.158 e. The topological polar surface area (TPSA) is 51.1 Å².